The minimum Gasteiger partial charge on any atom is -0.484 e. The maximum Gasteiger partial charge on any atom is 0.257 e. The third-order valence-electron chi connectivity index (χ3n) is 3.47. The molecule has 1 amide bonds. The summed E-state index contributed by atoms with van der Waals surface area (Å²) < 4.78 is 5.52. The molecule has 6 nitrogen and oxygen atoms in total. The number of amides is 1. The second-order valence-electron chi connectivity index (χ2n) is 5.71. The Morgan fingerprint density at radius 3 is 2.63 bits per heavy atom. The lowest BCUT2D eigenvalue weighted by Crippen LogP contribution is -2.37. The van der Waals surface area contributed by atoms with Gasteiger partial charge in [-0.05, 0) is 56.4 Å². The van der Waals surface area contributed by atoms with Crippen LogP contribution in [0, 0.1) is 0 Å². The molecule has 27 heavy (non-hydrogen) atoms. The van der Waals surface area contributed by atoms with Gasteiger partial charge in [0.15, 0.2) is 12.6 Å². The molecule has 1 aromatic rings. The molecule has 8 heteroatoms. The first-order valence-corrected chi connectivity index (χ1v) is 10.6. The fourth-order valence-electron chi connectivity index (χ4n) is 2.22. The summed E-state index contributed by atoms with van der Waals surface area (Å²) in [6, 6.07) is 7.69. The molecular weight excluding hydrogens is 475 g/mol. The van der Waals surface area contributed by atoms with Crippen LogP contribution in [0.3, 0.4) is 0 Å². The third kappa shape index (κ3) is 12.8. The number of guanidine groups is 1. The van der Waals surface area contributed by atoms with E-state index in [4.69, 9.17) is 4.74 Å². The van der Waals surface area contributed by atoms with Crippen molar-refractivity contribution in [2.75, 3.05) is 38.2 Å². The van der Waals surface area contributed by atoms with Crippen LogP contribution in [-0.2, 0) is 11.3 Å². The first kappa shape index (κ1) is 25.8. The molecule has 1 aromatic carbocycles. The van der Waals surface area contributed by atoms with Crippen molar-refractivity contribution in [2.24, 2.45) is 4.99 Å². The molecule has 0 aliphatic rings. The van der Waals surface area contributed by atoms with Crippen LogP contribution in [0.1, 0.15) is 32.3 Å². The van der Waals surface area contributed by atoms with E-state index < -0.39 is 0 Å². The Morgan fingerprint density at radius 1 is 1.15 bits per heavy atom. The Labute approximate surface area is 184 Å². The summed E-state index contributed by atoms with van der Waals surface area (Å²) in [5.41, 5.74) is 1.04. The van der Waals surface area contributed by atoms with E-state index in [2.05, 4.69) is 34.1 Å². The zero-order valence-corrected chi connectivity index (χ0v) is 19.7. The van der Waals surface area contributed by atoms with Crippen molar-refractivity contribution in [1.82, 2.24) is 16.0 Å². The molecule has 0 bridgehead atoms. The zero-order chi connectivity index (χ0) is 19.0. The van der Waals surface area contributed by atoms with Crippen molar-refractivity contribution in [2.45, 2.75) is 33.2 Å². The number of hydrogen-bond acceptors (Lipinski definition) is 4. The van der Waals surface area contributed by atoms with Crippen LogP contribution in [0.4, 0.5) is 0 Å². The van der Waals surface area contributed by atoms with Gasteiger partial charge in [-0.3, -0.25) is 4.79 Å². The van der Waals surface area contributed by atoms with Gasteiger partial charge in [0, 0.05) is 19.6 Å². The average Bonchev–Trinajstić information content (AvgIpc) is 2.65. The lowest BCUT2D eigenvalue weighted by molar-refractivity contribution is -0.122. The molecule has 0 spiro atoms. The third-order valence-corrected chi connectivity index (χ3v) is 4.17. The van der Waals surface area contributed by atoms with E-state index >= 15 is 0 Å². The van der Waals surface area contributed by atoms with Gasteiger partial charge in [0.25, 0.3) is 5.91 Å². The highest BCUT2D eigenvalue weighted by Gasteiger charge is 2.03. The van der Waals surface area contributed by atoms with Crippen molar-refractivity contribution >= 4 is 47.6 Å². The first-order valence-electron chi connectivity index (χ1n) is 9.19. The smallest absolute Gasteiger partial charge is 0.257 e. The zero-order valence-electron chi connectivity index (χ0n) is 16.5. The fraction of sp³-hybridized carbons (Fsp3) is 0.579. The molecule has 0 fully saturated rings. The highest BCUT2D eigenvalue weighted by atomic mass is 127. The lowest BCUT2D eigenvalue weighted by atomic mass is 10.2. The standard InChI is InChI=1S/C19H32N4O2S.HI/c1-4-20-18(24)15-25-17-10-8-9-16(13-17)14-23-19(21-5-2)22-11-6-7-12-26-3;/h8-10,13H,4-7,11-12,14-15H2,1-3H3,(H,20,24)(H2,21,22,23);1H. The number of carbonyl (C=O) groups excluding carboxylic acids is 1. The summed E-state index contributed by atoms with van der Waals surface area (Å²) in [6.07, 6.45) is 4.47. The number of nitrogens with zero attached hydrogens (tertiary/aromatic N) is 1. The second kappa shape index (κ2) is 17.0. The van der Waals surface area contributed by atoms with Crippen LogP contribution >= 0.6 is 35.7 Å². The number of ether oxygens (including phenoxy) is 1. The molecule has 0 saturated heterocycles. The summed E-state index contributed by atoms with van der Waals surface area (Å²) in [7, 11) is 0. The highest BCUT2D eigenvalue weighted by Crippen LogP contribution is 2.14. The minimum atomic E-state index is -0.115. The molecule has 0 atom stereocenters. The summed E-state index contributed by atoms with van der Waals surface area (Å²) in [5, 5.41) is 9.34. The number of nitrogens with one attached hydrogen (secondary N) is 3. The normalized spacial score (nSPS) is 10.7. The molecule has 0 radical (unpaired) electrons. The Morgan fingerprint density at radius 2 is 1.93 bits per heavy atom. The topological polar surface area (TPSA) is 74.8 Å². The van der Waals surface area contributed by atoms with Gasteiger partial charge in [-0.25, -0.2) is 4.99 Å². The SMILES string of the molecule is CCNC(=O)COc1cccc(CN=C(NCC)NCCCCSC)c1.I. The quantitative estimate of drug-likeness (QED) is 0.175. The highest BCUT2D eigenvalue weighted by molar-refractivity contribution is 14.0. The first-order chi connectivity index (χ1) is 12.7. The number of carbonyl (C=O) groups is 1. The molecule has 3 N–H and O–H groups in total. The van der Waals surface area contributed by atoms with Crippen molar-refractivity contribution < 1.29 is 9.53 Å². The molecule has 0 unspecified atom stereocenters. The molecule has 0 aliphatic heterocycles. The number of hydrogen-bond donors (Lipinski definition) is 3. The van der Waals surface area contributed by atoms with Crippen LogP contribution in [0.25, 0.3) is 0 Å². The van der Waals surface area contributed by atoms with Gasteiger partial charge in [-0.1, -0.05) is 12.1 Å². The van der Waals surface area contributed by atoms with Gasteiger partial charge < -0.3 is 20.7 Å². The summed E-state index contributed by atoms with van der Waals surface area (Å²) in [5.74, 6) is 2.58. The van der Waals surface area contributed by atoms with E-state index in [0.29, 0.717) is 18.8 Å². The largest absolute Gasteiger partial charge is 0.484 e. The Kier molecular flexibility index (Phi) is 16.2. The predicted octanol–water partition coefficient (Wildman–Crippen LogP) is 3.02. The molecular formula is C19H33IN4O2S. The molecule has 1 rings (SSSR count). The van der Waals surface area contributed by atoms with E-state index in [1.165, 1.54) is 12.2 Å². The Bertz CT molecular complexity index is 558. The van der Waals surface area contributed by atoms with Gasteiger partial charge in [0.2, 0.25) is 0 Å². The van der Waals surface area contributed by atoms with Crippen molar-refractivity contribution in [3.05, 3.63) is 29.8 Å². The summed E-state index contributed by atoms with van der Waals surface area (Å²) in [4.78, 5) is 16.1. The maximum atomic E-state index is 11.5. The van der Waals surface area contributed by atoms with Crippen LogP contribution in [-0.4, -0.2) is 50.1 Å². The molecule has 0 heterocycles. The summed E-state index contributed by atoms with van der Waals surface area (Å²) in [6.45, 7) is 6.87. The maximum absolute atomic E-state index is 11.5. The lowest BCUT2D eigenvalue weighted by Gasteiger charge is -2.11. The van der Waals surface area contributed by atoms with Crippen molar-refractivity contribution in [3.8, 4) is 5.75 Å². The number of unbranched alkanes of at least 4 members (excludes halogenated alkanes) is 1. The van der Waals surface area contributed by atoms with E-state index in [9.17, 15) is 4.79 Å². The van der Waals surface area contributed by atoms with Crippen LogP contribution < -0.4 is 20.7 Å². The van der Waals surface area contributed by atoms with Gasteiger partial charge in [-0.2, -0.15) is 11.8 Å². The average molecular weight is 508 g/mol. The number of aliphatic imine (C=N–C) groups is 1. The Balaban J connectivity index is 0.00000676. The van der Waals surface area contributed by atoms with Crippen LogP contribution in [0.5, 0.6) is 5.75 Å². The molecule has 154 valence electrons. The fourth-order valence-corrected chi connectivity index (χ4v) is 2.71. The second-order valence-corrected chi connectivity index (χ2v) is 6.70. The Hall–Kier alpha value is -1.16. The number of rotatable bonds is 12. The van der Waals surface area contributed by atoms with Gasteiger partial charge in [-0.15, -0.1) is 24.0 Å². The van der Waals surface area contributed by atoms with Gasteiger partial charge in [0.1, 0.15) is 5.75 Å². The van der Waals surface area contributed by atoms with E-state index in [0.717, 1.165) is 31.0 Å². The minimum absolute atomic E-state index is 0. The summed E-state index contributed by atoms with van der Waals surface area (Å²) >= 11 is 1.88. The molecule has 0 aromatic heterocycles. The number of benzene rings is 1. The predicted molar refractivity (Wildman–Crippen MR) is 126 cm³/mol. The molecule has 0 saturated carbocycles. The van der Waals surface area contributed by atoms with Crippen molar-refractivity contribution in [3.63, 3.8) is 0 Å². The van der Waals surface area contributed by atoms with E-state index in [1.54, 1.807) is 0 Å². The van der Waals surface area contributed by atoms with E-state index in [-0.39, 0.29) is 36.5 Å². The van der Waals surface area contributed by atoms with Gasteiger partial charge in [0.05, 0.1) is 6.54 Å². The number of likely N-dealkylation sites (N-methyl/N-ethyl adjacent to an activating group) is 1. The van der Waals surface area contributed by atoms with Crippen molar-refractivity contribution in [1.29, 1.82) is 0 Å². The van der Waals surface area contributed by atoms with E-state index in [1.807, 2.05) is 43.0 Å². The molecule has 0 aliphatic carbocycles. The van der Waals surface area contributed by atoms with Gasteiger partial charge >= 0.3 is 0 Å². The monoisotopic (exact) mass is 508 g/mol. The van der Waals surface area contributed by atoms with Crippen LogP contribution in [0.15, 0.2) is 29.3 Å². The number of halogens is 1. The van der Waals surface area contributed by atoms with Crippen LogP contribution in [0.2, 0.25) is 0 Å². The number of thioether (sulfide) groups is 1.